The van der Waals surface area contributed by atoms with Crippen molar-refractivity contribution in [3.63, 3.8) is 0 Å². The van der Waals surface area contributed by atoms with Crippen molar-refractivity contribution < 1.29 is 4.79 Å². The number of rotatable bonds is 6. The Balaban J connectivity index is 1.53. The highest BCUT2D eigenvalue weighted by Gasteiger charge is 2.21. The number of carbonyl (C=O) groups is 1. The van der Waals surface area contributed by atoms with Gasteiger partial charge in [0.15, 0.2) is 0 Å². The Bertz CT molecular complexity index is 311. The molecule has 3 atom stereocenters. The van der Waals surface area contributed by atoms with E-state index in [1.165, 1.54) is 25.3 Å². The number of likely N-dealkylation sites (tertiary alicyclic amines) is 1. The van der Waals surface area contributed by atoms with Crippen molar-refractivity contribution in [1.82, 2.24) is 15.5 Å². The smallest absolute Gasteiger partial charge is 0.221 e. The molecule has 0 bridgehead atoms. The van der Waals surface area contributed by atoms with Crippen LogP contribution < -0.4 is 10.6 Å². The van der Waals surface area contributed by atoms with Crippen LogP contribution in [0.1, 0.15) is 33.1 Å². The molecule has 0 radical (unpaired) electrons. The van der Waals surface area contributed by atoms with Gasteiger partial charge in [0.1, 0.15) is 0 Å². The van der Waals surface area contributed by atoms with Crippen LogP contribution in [0.3, 0.4) is 0 Å². The van der Waals surface area contributed by atoms with Gasteiger partial charge < -0.3 is 15.5 Å². The first kappa shape index (κ1) is 17.1. The zero-order valence-corrected chi connectivity index (χ0v) is 14.4. The largest absolute Gasteiger partial charge is 0.356 e. The number of nitrogens with one attached hydrogen (secondary N) is 2. The quantitative estimate of drug-likeness (QED) is 0.731. The van der Waals surface area contributed by atoms with E-state index in [1.807, 2.05) is 11.8 Å². The summed E-state index contributed by atoms with van der Waals surface area (Å²) in [5, 5.41) is 6.49. The fourth-order valence-corrected chi connectivity index (χ4v) is 4.50. The maximum atomic E-state index is 11.9. The third kappa shape index (κ3) is 6.57. The van der Waals surface area contributed by atoms with E-state index in [0.717, 1.165) is 43.6 Å². The van der Waals surface area contributed by atoms with Gasteiger partial charge in [-0.3, -0.25) is 4.79 Å². The molecule has 122 valence electrons. The van der Waals surface area contributed by atoms with Crippen LogP contribution in [-0.4, -0.2) is 61.1 Å². The van der Waals surface area contributed by atoms with E-state index in [4.69, 9.17) is 0 Å². The van der Waals surface area contributed by atoms with E-state index in [-0.39, 0.29) is 5.91 Å². The molecule has 1 amide bonds. The third-order valence-electron chi connectivity index (χ3n) is 4.35. The fourth-order valence-electron chi connectivity index (χ4n) is 3.55. The molecule has 0 saturated carbocycles. The first-order valence-corrected chi connectivity index (χ1v) is 9.59. The molecule has 5 heteroatoms. The number of nitrogens with zero attached hydrogens (tertiary/aromatic N) is 1. The van der Waals surface area contributed by atoms with Crippen molar-refractivity contribution in [1.29, 1.82) is 0 Å². The molecule has 2 aliphatic rings. The SMILES string of the molecule is CC1CC(C)CN(CCCNC(=O)CC2CSCCN2)C1. The summed E-state index contributed by atoms with van der Waals surface area (Å²) in [6.45, 7) is 10.1. The van der Waals surface area contributed by atoms with Crippen LogP contribution in [-0.2, 0) is 4.79 Å². The summed E-state index contributed by atoms with van der Waals surface area (Å²) >= 11 is 1.94. The van der Waals surface area contributed by atoms with Crippen molar-refractivity contribution in [2.24, 2.45) is 11.8 Å². The second-order valence-corrected chi connectivity index (χ2v) is 7.99. The van der Waals surface area contributed by atoms with E-state index in [0.29, 0.717) is 12.5 Å². The summed E-state index contributed by atoms with van der Waals surface area (Å²) in [5.74, 6) is 4.08. The molecule has 0 aromatic rings. The van der Waals surface area contributed by atoms with E-state index in [2.05, 4.69) is 29.4 Å². The van der Waals surface area contributed by atoms with Gasteiger partial charge in [-0.2, -0.15) is 11.8 Å². The molecule has 2 aliphatic heterocycles. The molecular weight excluding hydrogens is 282 g/mol. The highest BCUT2D eigenvalue weighted by atomic mass is 32.2. The fraction of sp³-hybridized carbons (Fsp3) is 0.938. The maximum Gasteiger partial charge on any atom is 0.221 e. The highest BCUT2D eigenvalue weighted by Crippen LogP contribution is 2.20. The van der Waals surface area contributed by atoms with Crippen LogP contribution in [0.25, 0.3) is 0 Å². The van der Waals surface area contributed by atoms with Crippen LogP contribution in [0, 0.1) is 11.8 Å². The summed E-state index contributed by atoms with van der Waals surface area (Å²) in [5.41, 5.74) is 0. The van der Waals surface area contributed by atoms with Crippen LogP contribution in [0.15, 0.2) is 0 Å². The van der Waals surface area contributed by atoms with Crippen LogP contribution in [0.2, 0.25) is 0 Å². The molecular formula is C16H31N3OS. The van der Waals surface area contributed by atoms with Crippen molar-refractivity contribution >= 4 is 17.7 Å². The zero-order chi connectivity index (χ0) is 15.1. The van der Waals surface area contributed by atoms with Gasteiger partial charge >= 0.3 is 0 Å². The number of hydrogen-bond acceptors (Lipinski definition) is 4. The maximum absolute atomic E-state index is 11.9. The molecule has 2 N–H and O–H groups in total. The number of amides is 1. The molecule has 2 rings (SSSR count). The molecule has 21 heavy (non-hydrogen) atoms. The van der Waals surface area contributed by atoms with Crippen LogP contribution in [0.4, 0.5) is 0 Å². The minimum Gasteiger partial charge on any atom is -0.356 e. The van der Waals surface area contributed by atoms with Gasteiger partial charge in [0, 0.05) is 50.1 Å². The van der Waals surface area contributed by atoms with Gasteiger partial charge in [0.25, 0.3) is 0 Å². The first-order chi connectivity index (χ1) is 10.1. The Labute approximate surface area is 133 Å². The summed E-state index contributed by atoms with van der Waals surface area (Å²) in [4.78, 5) is 14.5. The Morgan fingerprint density at radius 3 is 2.76 bits per heavy atom. The van der Waals surface area contributed by atoms with Crippen LogP contribution >= 0.6 is 11.8 Å². The van der Waals surface area contributed by atoms with Gasteiger partial charge in [-0.1, -0.05) is 13.8 Å². The summed E-state index contributed by atoms with van der Waals surface area (Å²) in [6, 6.07) is 0.368. The predicted molar refractivity (Wildman–Crippen MR) is 90.7 cm³/mol. The van der Waals surface area contributed by atoms with Gasteiger partial charge in [-0.05, 0) is 31.2 Å². The topological polar surface area (TPSA) is 44.4 Å². The van der Waals surface area contributed by atoms with Gasteiger partial charge in [0.05, 0.1) is 0 Å². The third-order valence-corrected chi connectivity index (χ3v) is 5.48. The Kier molecular flexibility index (Phi) is 7.34. The van der Waals surface area contributed by atoms with E-state index < -0.39 is 0 Å². The minimum absolute atomic E-state index is 0.204. The Morgan fingerprint density at radius 2 is 2.10 bits per heavy atom. The predicted octanol–water partition coefficient (Wildman–Crippen LogP) is 1.57. The minimum atomic E-state index is 0.204. The summed E-state index contributed by atoms with van der Waals surface area (Å²) in [6.07, 6.45) is 3.06. The van der Waals surface area contributed by atoms with Crippen molar-refractivity contribution in [2.75, 3.05) is 44.2 Å². The average molecular weight is 314 g/mol. The van der Waals surface area contributed by atoms with Crippen molar-refractivity contribution in [3.05, 3.63) is 0 Å². The van der Waals surface area contributed by atoms with Gasteiger partial charge in [-0.15, -0.1) is 0 Å². The van der Waals surface area contributed by atoms with Crippen molar-refractivity contribution in [3.8, 4) is 0 Å². The Hall–Kier alpha value is -0.260. The normalized spacial score (nSPS) is 31.0. The van der Waals surface area contributed by atoms with E-state index >= 15 is 0 Å². The lowest BCUT2D eigenvalue weighted by Gasteiger charge is -2.34. The molecule has 0 spiro atoms. The second-order valence-electron chi connectivity index (χ2n) is 6.84. The summed E-state index contributed by atoms with van der Waals surface area (Å²) in [7, 11) is 0. The number of piperidine rings is 1. The van der Waals surface area contributed by atoms with Crippen LogP contribution in [0.5, 0.6) is 0 Å². The number of thioether (sulfide) groups is 1. The highest BCUT2D eigenvalue weighted by molar-refractivity contribution is 7.99. The zero-order valence-electron chi connectivity index (χ0n) is 13.6. The molecule has 0 aromatic carbocycles. The lowest BCUT2D eigenvalue weighted by molar-refractivity contribution is -0.121. The standard InChI is InChI=1S/C16H31N3OS/c1-13-8-14(2)11-19(10-13)6-3-4-18-16(20)9-15-12-21-7-5-17-15/h13-15,17H,3-12H2,1-2H3,(H,18,20). The van der Waals surface area contributed by atoms with E-state index in [9.17, 15) is 4.79 Å². The molecule has 3 unspecified atom stereocenters. The molecule has 2 fully saturated rings. The second kappa shape index (κ2) is 9.01. The van der Waals surface area contributed by atoms with Gasteiger partial charge in [-0.25, -0.2) is 0 Å². The molecule has 2 saturated heterocycles. The lowest BCUT2D eigenvalue weighted by atomic mass is 9.92. The molecule has 2 heterocycles. The van der Waals surface area contributed by atoms with E-state index in [1.54, 1.807) is 0 Å². The van der Waals surface area contributed by atoms with Gasteiger partial charge in [0.2, 0.25) is 5.91 Å². The summed E-state index contributed by atoms with van der Waals surface area (Å²) < 4.78 is 0. The van der Waals surface area contributed by atoms with Crippen molar-refractivity contribution in [2.45, 2.75) is 39.2 Å². The Morgan fingerprint density at radius 1 is 1.33 bits per heavy atom. The average Bonchev–Trinajstić information content (AvgIpc) is 2.44. The molecule has 0 aliphatic carbocycles. The number of carbonyl (C=O) groups excluding carboxylic acids is 1. The molecule has 0 aromatic heterocycles. The first-order valence-electron chi connectivity index (χ1n) is 8.43. The monoisotopic (exact) mass is 313 g/mol. The lowest BCUT2D eigenvalue weighted by Crippen LogP contribution is -2.42. The molecule has 4 nitrogen and oxygen atoms in total. The number of hydrogen-bond donors (Lipinski definition) is 2.